The van der Waals surface area contributed by atoms with Gasteiger partial charge in [0.15, 0.2) is 0 Å². The smallest absolute Gasteiger partial charge is 0.398 e. The van der Waals surface area contributed by atoms with Crippen molar-refractivity contribution in [3.63, 3.8) is 0 Å². The second-order valence-corrected chi connectivity index (χ2v) is 3.32. The van der Waals surface area contributed by atoms with Crippen LogP contribution in [0.15, 0.2) is 35.8 Å². The van der Waals surface area contributed by atoms with Gasteiger partial charge in [-0.2, -0.15) is 13.2 Å². The minimum absolute atomic E-state index is 0.0957. The highest BCUT2D eigenvalue weighted by molar-refractivity contribution is 5.18. The summed E-state index contributed by atoms with van der Waals surface area (Å²) in [5.74, 6) is -2.05. The average molecular weight is 235 g/mol. The molecule has 16 heavy (non-hydrogen) atoms. The molecular weight excluding hydrogens is 219 g/mol. The van der Waals surface area contributed by atoms with Crippen LogP contribution in [0.2, 0.25) is 0 Å². The Morgan fingerprint density at radius 3 is 2.19 bits per heavy atom. The summed E-state index contributed by atoms with van der Waals surface area (Å²) in [6, 6.07) is 0. The molecule has 0 saturated carbocycles. The van der Waals surface area contributed by atoms with E-state index in [4.69, 9.17) is 5.11 Å². The monoisotopic (exact) mass is 235 g/mol. The SMILES string of the molecule is CN/C=C/C=CC(/C(C)=C(\C)O)C(F)(F)F. The molecule has 0 rings (SSSR count). The van der Waals surface area contributed by atoms with Gasteiger partial charge in [0.25, 0.3) is 0 Å². The van der Waals surface area contributed by atoms with Gasteiger partial charge in [0, 0.05) is 7.05 Å². The molecular formula is C11H16F3NO. The van der Waals surface area contributed by atoms with Crippen LogP contribution in [0.25, 0.3) is 0 Å². The first-order valence-corrected chi connectivity index (χ1v) is 4.74. The van der Waals surface area contributed by atoms with E-state index >= 15 is 0 Å². The normalized spacial score (nSPS) is 16.6. The fraction of sp³-hybridized carbons (Fsp3) is 0.455. The molecule has 0 fully saturated rings. The van der Waals surface area contributed by atoms with Gasteiger partial charge in [-0.05, 0) is 31.7 Å². The van der Waals surface area contributed by atoms with Gasteiger partial charge >= 0.3 is 6.18 Å². The van der Waals surface area contributed by atoms with Crippen LogP contribution in [0.1, 0.15) is 13.8 Å². The quantitative estimate of drug-likeness (QED) is 0.578. The standard InChI is InChI=1S/C11H16F3NO/c1-8(9(2)16)10(11(12,13)14)6-4-5-7-15-3/h4-7,10,15-16H,1-3H3/b6-4?,7-5+,9-8+. The molecule has 0 aromatic heterocycles. The van der Waals surface area contributed by atoms with Gasteiger partial charge in [-0.25, -0.2) is 0 Å². The first-order valence-electron chi connectivity index (χ1n) is 4.74. The van der Waals surface area contributed by atoms with Crippen LogP contribution < -0.4 is 5.32 Å². The third-order valence-corrected chi connectivity index (χ3v) is 2.07. The van der Waals surface area contributed by atoms with Crippen LogP contribution in [-0.4, -0.2) is 18.3 Å². The Bertz CT molecular complexity index is 299. The van der Waals surface area contributed by atoms with Gasteiger partial charge in [-0.15, -0.1) is 0 Å². The lowest BCUT2D eigenvalue weighted by atomic mass is 9.98. The van der Waals surface area contributed by atoms with E-state index in [-0.39, 0.29) is 11.3 Å². The number of halogens is 3. The average Bonchev–Trinajstić information content (AvgIpc) is 2.14. The van der Waals surface area contributed by atoms with E-state index in [1.807, 2.05) is 0 Å². The zero-order chi connectivity index (χ0) is 12.8. The van der Waals surface area contributed by atoms with Crippen molar-refractivity contribution in [2.75, 3.05) is 7.05 Å². The molecule has 0 bridgehead atoms. The molecule has 0 radical (unpaired) electrons. The fourth-order valence-corrected chi connectivity index (χ4v) is 1.05. The number of rotatable bonds is 4. The Morgan fingerprint density at radius 1 is 1.25 bits per heavy atom. The van der Waals surface area contributed by atoms with Crippen molar-refractivity contribution < 1.29 is 18.3 Å². The van der Waals surface area contributed by atoms with Crippen molar-refractivity contribution in [3.8, 4) is 0 Å². The minimum Gasteiger partial charge on any atom is -0.513 e. The van der Waals surface area contributed by atoms with Crippen LogP contribution in [0.3, 0.4) is 0 Å². The molecule has 5 heteroatoms. The van der Waals surface area contributed by atoms with E-state index in [1.165, 1.54) is 32.2 Å². The topological polar surface area (TPSA) is 32.3 Å². The second-order valence-electron chi connectivity index (χ2n) is 3.32. The van der Waals surface area contributed by atoms with Gasteiger partial charge in [0.1, 0.15) is 0 Å². The fourth-order valence-electron chi connectivity index (χ4n) is 1.05. The summed E-state index contributed by atoms with van der Waals surface area (Å²) in [6.07, 6.45) is 0.871. The maximum Gasteiger partial charge on any atom is 0.398 e. The molecule has 1 atom stereocenters. The molecule has 0 saturated heterocycles. The number of hydrogen-bond acceptors (Lipinski definition) is 2. The molecule has 2 N–H and O–H groups in total. The van der Waals surface area contributed by atoms with Crippen molar-refractivity contribution in [1.82, 2.24) is 5.32 Å². The maximum absolute atomic E-state index is 12.6. The van der Waals surface area contributed by atoms with E-state index in [0.717, 1.165) is 6.08 Å². The van der Waals surface area contributed by atoms with Crippen LogP contribution in [0.4, 0.5) is 13.2 Å². The van der Waals surface area contributed by atoms with Gasteiger partial charge in [0.05, 0.1) is 11.7 Å². The highest BCUT2D eigenvalue weighted by Gasteiger charge is 2.39. The Hall–Kier alpha value is -1.39. The van der Waals surface area contributed by atoms with E-state index < -0.39 is 12.1 Å². The zero-order valence-electron chi connectivity index (χ0n) is 9.47. The number of hydrogen-bond donors (Lipinski definition) is 2. The number of aliphatic hydroxyl groups is 1. The molecule has 0 aliphatic carbocycles. The molecule has 0 spiro atoms. The van der Waals surface area contributed by atoms with Gasteiger partial charge in [-0.1, -0.05) is 12.2 Å². The van der Waals surface area contributed by atoms with E-state index in [2.05, 4.69) is 5.32 Å². The van der Waals surface area contributed by atoms with Crippen molar-refractivity contribution in [3.05, 3.63) is 35.8 Å². The van der Waals surface area contributed by atoms with Crippen LogP contribution in [0.5, 0.6) is 0 Å². The second kappa shape index (κ2) is 6.25. The molecule has 1 unspecified atom stereocenters. The maximum atomic E-state index is 12.6. The molecule has 0 aliphatic rings. The lowest BCUT2D eigenvalue weighted by Crippen LogP contribution is -2.22. The van der Waals surface area contributed by atoms with Crippen LogP contribution in [-0.2, 0) is 0 Å². The summed E-state index contributed by atoms with van der Waals surface area (Å²) in [7, 11) is 1.65. The predicted molar refractivity (Wildman–Crippen MR) is 57.9 cm³/mol. The summed E-state index contributed by atoms with van der Waals surface area (Å²) >= 11 is 0. The largest absolute Gasteiger partial charge is 0.513 e. The predicted octanol–water partition coefficient (Wildman–Crippen LogP) is 3.31. The molecule has 0 aromatic carbocycles. The molecule has 0 aromatic rings. The molecule has 2 nitrogen and oxygen atoms in total. The Kier molecular flexibility index (Phi) is 5.71. The summed E-state index contributed by atoms with van der Waals surface area (Å²) < 4.78 is 37.8. The summed E-state index contributed by atoms with van der Waals surface area (Å²) in [5, 5.41) is 11.7. The number of alkyl halides is 3. The molecule has 0 aliphatic heterocycles. The summed E-state index contributed by atoms with van der Waals surface area (Å²) in [5.41, 5.74) is -0.0957. The molecule has 0 heterocycles. The van der Waals surface area contributed by atoms with E-state index in [0.29, 0.717) is 0 Å². The number of nitrogens with one attached hydrogen (secondary N) is 1. The highest BCUT2D eigenvalue weighted by atomic mass is 19.4. The Balaban J connectivity index is 4.93. The Labute approximate surface area is 93.2 Å². The molecule has 92 valence electrons. The minimum atomic E-state index is -4.39. The number of allylic oxidation sites excluding steroid dienone is 5. The van der Waals surface area contributed by atoms with Gasteiger partial charge in [0.2, 0.25) is 0 Å². The number of aliphatic hydroxyl groups excluding tert-OH is 1. The van der Waals surface area contributed by atoms with E-state index in [1.54, 1.807) is 7.05 Å². The third-order valence-electron chi connectivity index (χ3n) is 2.07. The van der Waals surface area contributed by atoms with Crippen LogP contribution in [0, 0.1) is 5.92 Å². The Morgan fingerprint density at radius 2 is 1.81 bits per heavy atom. The molecule has 0 amide bonds. The third kappa shape index (κ3) is 4.91. The van der Waals surface area contributed by atoms with Gasteiger partial charge in [-0.3, -0.25) is 0 Å². The lowest BCUT2D eigenvalue weighted by molar-refractivity contribution is -0.152. The van der Waals surface area contributed by atoms with Crippen molar-refractivity contribution in [1.29, 1.82) is 0 Å². The van der Waals surface area contributed by atoms with Gasteiger partial charge < -0.3 is 10.4 Å². The van der Waals surface area contributed by atoms with Crippen LogP contribution >= 0.6 is 0 Å². The van der Waals surface area contributed by atoms with E-state index in [9.17, 15) is 13.2 Å². The summed E-state index contributed by atoms with van der Waals surface area (Å²) in [6.45, 7) is 2.50. The zero-order valence-corrected chi connectivity index (χ0v) is 9.47. The van der Waals surface area contributed by atoms with Crippen molar-refractivity contribution in [2.24, 2.45) is 5.92 Å². The first-order chi connectivity index (χ1) is 7.30. The first kappa shape index (κ1) is 14.6. The summed E-state index contributed by atoms with van der Waals surface area (Å²) in [4.78, 5) is 0. The lowest BCUT2D eigenvalue weighted by Gasteiger charge is -2.17. The van der Waals surface area contributed by atoms with Crippen molar-refractivity contribution >= 4 is 0 Å². The van der Waals surface area contributed by atoms with Crippen molar-refractivity contribution in [2.45, 2.75) is 20.0 Å². The highest BCUT2D eigenvalue weighted by Crippen LogP contribution is 2.33.